The van der Waals surface area contributed by atoms with Gasteiger partial charge in [-0.3, -0.25) is 9.69 Å². The first kappa shape index (κ1) is 28.1. The van der Waals surface area contributed by atoms with Crippen LogP contribution in [0.3, 0.4) is 0 Å². The zero-order valence-electron chi connectivity index (χ0n) is 20.9. The number of hydrogen-bond donors (Lipinski definition) is 0. The number of rotatable bonds is 13. The predicted molar refractivity (Wildman–Crippen MR) is 153 cm³/mol. The number of thioether (sulfide) groups is 1. The standard InChI is InChI=1S/C28H32ClNO4S2/c1-5-13-30-27(31)25(36-28(30)35)18-20-16-23(29)26(24(17-20)32-7-3)34-15-8-14-33-22-11-9-21(10-12-22)19(4)6-2/h5,9-12,16-19H,1,6-8,13-15H2,2-4H3/b25-18+/t19-/m0/s1. The molecule has 1 aliphatic heterocycles. The maximum Gasteiger partial charge on any atom is 0.266 e. The molecule has 1 heterocycles. The number of hydrogen-bond acceptors (Lipinski definition) is 6. The fourth-order valence-corrected chi connectivity index (χ4v) is 5.11. The van der Waals surface area contributed by atoms with Crippen molar-refractivity contribution in [1.29, 1.82) is 0 Å². The Morgan fingerprint density at radius 1 is 1.14 bits per heavy atom. The van der Waals surface area contributed by atoms with Crippen LogP contribution < -0.4 is 14.2 Å². The lowest BCUT2D eigenvalue weighted by atomic mass is 9.99. The van der Waals surface area contributed by atoms with Crippen molar-refractivity contribution in [2.24, 2.45) is 0 Å². The topological polar surface area (TPSA) is 48.0 Å². The molecule has 1 fully saturated rings. The summed E-state index contributed by atoms with van der Waals surface area (Å²) in [5, 5.41) is 0.412. The van der Waals surface area contributed by atoms with Crippen LogP contribution in [0.1, 0.15) is 50.7 Å². The summed E-state index contributed by atoms with van der Waals surface area (Å²) in [4.78, 5) is 14.7. The van der Waals surface area contributed by atoms with Crippen LogP contribution in [0.25, 0.3) is 6.08 Å². The Morgan fingerprint density at radius 3 is 2.53 bits per heavy atom. The molecule has 8 heteroatoms. The number of carbonyl (C=O) groups is 1. The largest absolute Gasteiger partial charge is 0.493 e. The normalized spacial score (nSPS) is 15.3. The summed E-state index contributed by atoms with van der Waals surface area (Å²) < 4.78 is 18.1. The molecule has 1 amide bonds. The van der Waals surface area contributed by atoms with Crippen LogP contribution in [-0.4, -0.2) is 41.5 Å². The minimum Gasteiger partial charge on any atom is -0.493 e. The SMILES string of the molecule is C=CCN1C(=O)/C(=C\c2cc(Cl)c(OCCCOc3ccc([C@@H](C)CC)cc3)c(OCC)c2)SC1=S. The first-order valence-corrected chi connectivity index (χ1v) is 13.7. The van der Waals surface area contributed by atoms with E-state index < -0.39 is 0 Å². The molecule has 2 aromatic carbocycles. The van der Waals surface area contributed by atoms with Crippen LogP contribution in [-0.2, 0) is 4.79 Å². The summed E-state index contributed by atoms with van der Waals surface area (Å²) in [6.07, 6.45) is 5.21. The van der Waals surface area contributed by atoms with Gasteiger partial charge in [0.25, 0.3) is 5.91 Å². The van der Waals surface area contributed by atoms with Gasteiger partial charge >= 0.3 is 0 Å². The van der Waals surface area contributed by atoms with E-state index in [0.717, 1.165) is 17.7 Å². The second kappa shape index (κ2) is 13.7. The zero-order valence-corrected chi connectivity index (χ0v) is 23.3. The third-order valence-corrected chi connectivity index (χ3v) is 7.34. The minimum atomic E-state index is -0.145. The smallest absolute Gasteiger partial charge is 0.266 e. The molecule has 192 valence electrons. The van der Waals surface area contributed by atoms with Crippen molar-refractivity contribution in [1.82, 2.24) is 4.90 Å². The third-order valence-electron chi connectivity index (χ3n) is 5.68. The highest BCUT2D eigenvalue weighted by Gasteiger charge is 2.31. The minimum absolute atomic E-state index is 0.145. The summed E-state index contributed by atoms with van der Waals surface area (Å²) in [5.74, 6) is 2.25. The quantitative estimate of drug-likeness (QED) is 0.112. The zero-order chi connectivity index (χ0) is 26.1. The number of benzene rings is 2. The lowest BCUT2D eigenvalue weighted by molar-refractivity contribution is -0.121. The van der Waals surface area contributed by atoms with Gasteiger partial charge in [-0.25, -0.2) is 0 Å². The predicted octanol–water partition coefficient (Wildman–Crippen LogP) is 7.49. The van der Waals surface area contributed by atoms with Gasteiger partial charge in [-0.15, -0.1) is 6.58 Å². The Hall–Kier alpha value is -2.48. The van der Waals surface area contributed by atoms with Gasteiger partial charge in [0.1, 0.15) is 10.1 Å². The third kappa shape index (κ3) is 7.28. The number of amides is 1. The number of thiocarbonyl (C=S) groups is 1. The molecular formula is C28H32ClNO4S2. The van der Waals surface area contributed by atoms with E-state index in [2.05, 4.69) is 32.6 Å². The Morgan fingerprint density at radius 2 is 1.86 bits per heavy atom. The molecule has 1 atom stereocenters. The number of nitrogens with zero attached hydrogens (tertiary/aromatic N) is 1. The molecule has 0 aliphatic carbocycles. The fraction of sp³-hybridized carbons (Fsp3) is 0.357. The number of halogens is 1. The summed E-state index contributed by atoms with van der Waals surface area (Å²) in [6, 6.07) is 11.8. The number of ether oxygens (including phenoxy) is 3. The van der Waals surface area contributed by atoms with Gasteiger partial charge in [-0.1, -0.05) is 67.6 Å². The van der Waals surface area contributed by atoms with Gasteiger partial charge in [0.15, 0.2) is 11.5 Å². The van der Waals surface area contributed by atoms with Crippen LogP contribution in [0.5, 0.6) is 17.2 Å². The second-order valence-corrected chi connectivity index (χ2v) is 10.4. The number of carbonyl (C=O) groups excluding carboxylic acids is 1. The average molecular weight is 546 g/mol. The van der Waals surface area contributed by atoms with Crippen LogP contribution in [0.15, 0.2) is 54.0 Å². The molecule has 36 heavy (non-hydrogen) atoms. The maximum atomic E-state index is 12.6. The first-order chi connectivity index (χ1) is 17.4. The molecule has 0 saturated carbocycles. The highest BCUT2D eigenvalue weighted by atomic mass is 35.5. The van der Waals surface area contributed by atoms with Crippen LogP contribution in [0.4, 0.5) is 0 Å². The summed E-state index contributed by atoms with van der Waals surface area (Å²) >= 11 is 13.1. The van der Waals surface area contributed by atoms with Gasteiger partial charge < -0.3 is 14.2 Å². The molecule has 0 N–H and O–H groups in total. The van der Waals surface area contributed by atoms with Crippen molar-refractivity contribution < 1.29 is 19.0 Å². The molecule has 1 saturated heterocycles. The van der Waals surface area contributed by atoms with Crippen molar-refractivity contribution in [3.05, 3.63) is 70.1 Å². The lowest BCUT2D eigenvalue weighted by Gasteiger charge is -2.15. The van der Waals surface area contributed by atoms with Gasteiger partial charge in [0.2, 0.25) is 0 Å². The van der Waals surface area contributed by atoms with E-state index in [1.54, 1.807) is 18.2 Å². The van der Waals surface area contributed by atoms with E-state index >= 15 is 0 Å². The molecule has 0 radical (unpaired) electrons. The molecule has 0 aromatic heterocycles. The molecule has 2 aromatic rings. The van der Waals surface area contributed by atoms with Gasteiger partial charge in [-0.2, -0.15) is 0 Å². The van der Waals surface area contributed by atoms with Crippen molar-refractivity contribution in [2.75, 3.05) is 26.4 Å². The Bertz CT molecular complexity index is 1120. The molecule has 0 unspecified atom stereocenters. The van der Waals surface area contributed by atoms with Gasteiger partial charge in [-0.05, 0) is 60.7 Å². The average Bonchev–Trinajstić information content (AvgIpc) is 3.12. The first-order valence-electron chi connectivity index (χ1n) is 12.1. The summed E-state index contributed by atoms with van der Waals surface area (Å²) in [5.41, 5.74) is 2.05. The van der Waals surface area contributed by atoms with Crippen LogP contribution in [0.2, 0.25) is 5.02 Å². The highest BCUT2D eigenvalue weighted by molar-refractivity contribution is 8.26. The van der Waals surface area contributed by atoms with E-state index in [9.17, 15) is 4.79 Å². The van der Waals surface area contributed by atoms with Crippen molar-refractivity contribution in [3.63, 3.8) is 0 Å². The van der Waals surface area contributed by atoms with E-state index in [1.165, 1.54) is 22.2 Å². The Labute approximate surface area is 228 Å². The molecule has 5 nitrogen and oxygen atoms in total. The van der Waals surface area contributed by atoms with E-state index in [0.29, 0.717) is 64.5 Å². The van der Waals surface area contributed by atoms with E-state index in [-0.39, 0.29) is 5.91 Å². The summed E-state index contributed by atoms with van der Waals surface area (Å²) in [7, 11) is 0. The summed E-state index contributed by atoms with van der Waals surface area (Å²) in [6.45, 7) is 11.8. The van der Waals surface area contributed by atoms with Gasteiger partial charge in [0.05, 0.1) is 29.7 Å². The van der Waals surface area contributed by atoms with E-state index in [1.807, 2.05) is 25.1 Å². The van der Waals surface area contributed by atoms with Crippen molar-refractivity contribution >= 4 is 51.9 Å². The van der Waals surface area contributed by atoms with Gasteiger partial charge in [0, 0.05) is 13.0 Å². The van der Waals surface area contributed by atoms with Crippen molar-refractivity contribution in [3.8, 4) is 17.2 Å². The lowest BCUT2D eigenvalue weighted by Crippen LogP contribution is -2.27. The fourth-order valence-electron chi connectivity index (χ4n) is 3.56. The monoisotopic (exact) mass is 545 g/mol. The molecule has 3 rings (SSSR count). The molecule has 0 bridgehead atoms. The second-order valence-electron chi connectivity index (χ2n) is 8.27. The Kier molecular flexibility index (Phi) is 10.7. The highest BCUT2D eigenvalue weighted by Crippen LogP contribution is 2.39. The molecule has 0 spiro atoms. The van der Waals surface area contributed by atoms with Crippen LogP contribution >= 0.6 is 35.6 Å². The van der Waals surface area contributed by atoms with E-state index in [4.69, 9.17) is 38.0 Å². The van der Waals surface area contributed by atoms with Crippen LogP contribution in [0, 0.1) is 0 Å². The maximum absolute atomic E-state index is 12.6. The molecular weight excluding hydrogens is 514 g/mol. The Balaban J connectivity index is 1.60. The molecule has 1 aliphatic rings. The van der Waals surface area contributed by atoms with Crippen molar-refractivity contribution in [2.45, 2.75) is 39.5 Å².